The molecule has 4 heteroatoms. The largest absolute Gasteiger partial charge is 0.376 e. The van der Waals surface area contributed by atoms with Gasteiger partial charge in [-0.15, -0.1) is 0 Å². The fourth-order valence-electron chi connectivity index (χ4n) is 1.53. The summed E-state index contributed by atoms with van der Waals surface area (Å²) in [4.78, 5) is 3.70. The number of aromatic nitrogens is 1. The van der Waals surface area contributed by atoms with Crippen LogP contribution in [0.2, 0.25) is 0 Å². The molecule has 1 aliphatic heterocycles. The SMILES string of the molecule is Fc1cccc(NCC2CCCO2)n1. The first-order valence-corrected chi connectivity index (χ1v) is 4.82. The van der Waals surface area contributed by atoms with Crippen molar-refractivity contribution in [2.45, 2.75) is 18.9 Å². The van der Waals surface area contributed by atoms with E-state index in [0.29, 0.717) is 12.4 Å². The average Bonchev–Trinajstić information content (AvgIpc) is 2.67. The van der Waals surface area contributed by atoms with Gasteiger partial charge in [0.1, 0.15) is 5.82 Å². The predicted octanol–water partition coefficient (Wildman–Crippen LogP) is 1.81. The Balaban J connectivity index is 1.85. The Kier molecular flexibility index (Phi) is 2.93. The van der Waals surface area contributed by atoms with Gasteiger partial charge < -0.3 is 10.1 Å². The molecule has 1 unspecified atom stereocenters. The second-order valence-electron chi connectivity index (χ2n) is 3.36. The third-order valence-corrected chi connectivity index (χ3v) is 2.25. The van der Waals surface area contributed by atoms with Crippen LogP contribution in [0.4, 0.5) is 10.2 Å². The molecule has 2 rings (SSSR count). The first kappa shape index (κ1) is 9.40. The molecule has 0 saturated carbocycles. The van der Waals surface area contributed by atoms with Gasteiger partial charge in [0.2, 0.25) is 5.95 Å². The maximum Gasteiger partial charge on any atom is 0.214 e. The molecule has 0 aromatic carbocycles. The molecule has 0 bridgehead atoms. The molecule has 1 atom stereocenters. The molecule has 2 heterocycles. The van der Waals surface area contributed by atoms with Gasteiger partial charge in [-0.05, 0) is 25.0 Å². The summed E-state index contributed by atoms with van der Waals surface area (Å²) in [5, 5.41) is 3.05. The van der Waals surface area contributed by atoms with Gasteiger partial charge >= 0.3 is 0 Å². The summed E-state index contributed by atoms with van der Waals surface area (Å²) >= 11 is 0. The summed E-state index contributed by atoms with van der Waals surface area (Å²) in [5.41, 5.74) is 0. The lowest BCUT2D eigenvalue weighted by atomic mass is 10.2. The van der Waals surface area contributed by atoms with Crippen molar-refractivity contribution < 1.29 is 9.13 Å². The summed E-state index contributed by atoms with van der Waals surface area (Å²) < 4.78 is 18.1. The van der Waals surface area contributed by atoms with Gasteiger partial charge in [-0.1, -0.05) is 6.07 Å². The van der Waals surface area contributed by atoms with Crippen LogP contribution in [-0.4, -0.2) is 24.2 Å². The van der Waals surface area contributed by atoms with Gasteiger partial charge in [0.05, 0.1) is 6.10 Å². The number of nitrogens with one attached hydrogen (secondary N) is 1. The minimum Gasteiger partial charge on any atom is -0.376 e. The van der Waals surface area contributed by atoms with Crippen LogP contribution in [0.15, 0.2) is 18.2 Å². The van der Waals surface area contributed by atoms with Gasteiger partial charge in [-0.25, -0.2) is 4.98 Å². The Hall–Kier alpha value is -1.16. The van der Waals surface area contributed by atoms with Crippen molar-refractivity contribution in [2.24, 2.45) is 0 Å². The molecular formula is C10H13FN2O. The van der Waals surface area contributed by atoms with Crippen molar-refractivity contribution in [3.63, 3.8) is 0 Å². The highest BCUT2D eigenvalue weighted by molar-refractivity contribution is 5.33. The van der Waals surface area contributed by atoms with Crippen LogP contribution in [0.1, 0.15) is 12.8 Å². The van der Waals surface area contributed by atoms with Crippen LogP contribution in [0.25, 0.3) is 0 Å². The molecule has 1 saturated heterocycles. The lowest BCUT2D eigenvalue weighted by Gasteiger charge is -2.10. The van der Waals surface area contributed by atoms with E-state index in [1.807, 2.05) is 0 Å². The maximum atomic E-state index is 12.7. The van der Waals surface area contributed by atoms with E-state index >= 15 is 0 Å². The van der Waals surface area contributed by atoms with Crippen molar-refractivity contribution >= 4 is 5.82 Å². The fraction of sp³-hybridized carbons (Fsp3) is 0.500. The Bertz CT molecular complexity index is 300. The first-order chi connectivity index (χ1) is 6.84. The third kappa shape index (κ3) is 2.42. The summed E-state index contributed by atoms with van der Waals surface area (Å²) in [6, 6.07) is 4.72. The van der Waals surface area contributed by atoms with Crippen LogP contribution < -0.4 is 5.32 Å². The lowest BCUT2D eigenvalue weighted by Crippen LogP contribution is -2.18. The summed E-state index contributed by atoms with van der Waals surface area (Å²) in [6.07, 6.45) is 2.44. The molecule has 1 fully saturated rings. The normalized spacial score (nSPS) is 21.1. The van der Waals surface area contributed by atoms with Crippen LogP contribution >= 0.6 is 0 Å². The summed E-state index contributed by atoms with van der Waals surface area (Å²) in [5.74, 6) is 0.114. The van der Waals surface area contributed by atoms with Crippen LogP contribution in [0.5, 0.6) is 0 Å². The molecule has 1 aromatic rings. The van der Waals surface area contributed by atoms with E-state index in [4.69, 9.17) is 4.74 Å². The zero-order valence-corrected chi connectivity index (χ0v) is 7.87. The number of hydrogen-bond donors (Lipinski definition) is 1. The summed E-state index contributed by atoms with van der Waals surface area (Å²) in [6.45, 7) is 1.54. The Morgan fingerprint density at radius 1 is 1.57 bits per heavy atom. The second-order valence-corrected chi connectivity index (χ2v) is 3.36. The lowest BCUT2D eigenvalue weighted by molar-refractivity contribution is 0.120. The van der Waals surface area contributed by atoms with E-state index in [1.165, 1.54) is 6.07 Å². The van der Waals surface area contributed by atoms with Crippen LogP contribution in [-0.2, 0) is 4.74 Å². The monoisotopic (exact) mass is 196 g/mol. The summed E-state index contributed by atoms with van der Waals surface area (Å²) in [7, 11) is 0. The first-order valence-electron chi connectivity index (χ1n) is 4.82. The zero-order valence-electron chi connectivity index (χ0n) is 7.87. The minimum atomic E-state index is -0.456. The molecule has 0 radical (unpaired) electrons. The second kappa shape index (κ2) is 4.37. The topological polar surface area (TPSA) is 34.1 Å². The molecule has 1 N–H and O–H groups in total. The Morgan fingerprint density at radius 3 is 3.21 bits per heavy atom. The highest BCUT2D eigenvalue weighted by Crippen LogP contribution is 2.12. The van der Waals surface area contributed by atoms with E-state index in [-0.39, 0.29) is 6.10 Å². The quantitative estimate of drug-likeness (QED) is 0.749. The van der Waals surface area contributed by atoms with Crippen molar-refractivity contribution in [3.8, 4) is 0 Å². The van der Waals surface area contributed by atoms with Gasteiger partial charge in [-0.3, -0.25) is 0 Å². The number of anilines is 1. The Morgan fingerprint density at radius 2 is 2.50 bits per heavy atom. The average molecular weight is 196 g/mol. The third-order valence-electron chi connectivity index (χ3n) is 2.25. The van der Waals surface area contributed by atoms with E-state index in [2.05, 4.69) is 10.3 Å². The van der Waals surface area contributed by atoms with Gasteiger partial charge in [-0.2, -0.15) is 4.39 Å². The molecule has 0 aliphatic carbocycles. The number of halogens is 1. The van der Waals surface area contributed by atoms with Crippen LogP contribution in [0, 0.1) is 5.95 Å². The minimum absolute atomic E-state index is 0.250. The van der Waals surface area contributed by atoms with Gasteiger partial charge in [0, 0.05) is 13.2 Å². The molecule has 0 spiro atoms. The highest BCUT2D eigenvalue weighted by Gasteiger charge is 2.14. The Labute approximate surface area is 82.3 Å². The highest BCUT2D eigenvalue weighted by atomic mass is 19.1. The smallest absolute Gasteiger partial charge is 0.214 e. The van der Waals surface area contributed by atoms with E-state index < -0.39 is 5.95 Å². The number of hydrogen-bond acceptors (Lipinski definition) is 3. The number of rotatable bonds is 3. The number of ether oxygens (including phenoxy) is 1. The molecular weight excluding hydrogens is 183 g/mol. The maximum absolute atomic E-state index is 12.7. The van der Waals surface area contributed by atoms with Crippen molar-refractivity contribution in [1.29, 1.82) is 0 Å². The van der Waals surface area contributed by atoms with Crippen LogP contribution in [0.3, 0.4) is 0 Å². The fourth-order valence-corrected chi connectivity index (χ4v) is 1.53. The molecule has 3 nitrogen and oxygen atoms in total. The zero-order chi connectivity index (χ0) is 9.80. The van der Waals surface area contributed by atoms with Gasteiger partial charge in [0.15, 0.2) is 0 Å². The molecule has 76 valence electrons. The molecule has 14 heavy (non-hydrogen) atoms. The van der Waals surface area contributed by atoms with E-state index in [9.17, 15) is 4.39 Å². The van der Waals surface area contributed by atoms with Crippen molar-refractivity contribution in [3.05, 3.63) is 24.1 Å². The van der Waals surface area contributed by atoms with E-state index in [1.54, 1.807) is 12.1 Å². The van der Waals surface area contributed by atoms with Crippen molar-refractivity contribution in [2.75, 3.05) is 18.5 Å². The molecule has 0 amide bonds. The number of pyridine rings is 1. The standard InChI is InChI=1S/C10H13FN2O/c11-9-4-1-5-10(13-9)12-7-8-3-2-6-14-8/h1,4-5,8H,2-3,6-7H2,(H,12,13). The predicted molar refractivity (Wildman–Crippen MR) is 51.7 cm³/mol. The van der Waals surface area contributed by atoms with Gasteiger partial charge in [0.25, 0.3) is 0 Å². The van der Waals surface area contributed by atoms with Crippen molar-refractivity contribution in [1.82, 2.24) is 4.98 Å². The number of nitrogens with zero attached hydrogens (tertiary/aromatic N) is 1. The molecule has 1 aromatic heterocycles. The van der Waals surface area contributed by atoms with E-state index in [0.717, 1.165) is 19.4 Å². The molecule has 1 aliphatic rings.